The van der Waals surface area contributed by atoms with Crippen LogP contribution in [0.5, 0.6) is 5.75 Å². The van der Waals surface area contributed by atoms with E-state index >= 15 is 0 Å². The van der Waals surface area contributed by atoms with Gasteiger partial charge < -0.3 is 9.47 Å². The Hall–Kier alpha value is -3.60. The van der Waals surface area contributed by atoms with Crippen LogP contribution in [0, 0.1) is 28.1 Å². The lowest BCUT2D eigenvalue weighted by atomic mass is 9.98. The first-order valence-electron chi connectivity index (χ1n) is 6.95. The number of rotatable bonds is 6. The molecule has 0 aliphatic carbocycles. The predicted octanol–water partition coefficient (Wildman–Crippen LogP) is 2.79. The van der Waals surface area contributed by atoms with E-state index in [0.29, 0.717) is 16.9 Å². The van der Waals surface area contributed by atoms with Crippen molar-refractivity contribution in [3.63, 3.8) is 0 Å². The van der Waals surface area contributed by atoms with Gasteiger partial charge in [0.05, 0.1) is 13.7 Å². The second-order valence-corrected chi connectivity index (χ2v) is 4.33. The monoisotopic (exact) mass is 321 g/mol. The summed E-state index contributed by atoms with van der Waals surface area (Å²) in [5.74, 6) is 1.94. The molecule has 120 valence electrons. The molecular weight excluding hydrogens is 306 g/mol. The molecule has 0 unspecified atom stereocenters. The number of hydrogen-bond donors (Lipinski definition) is 1. The number of carbonyl (C=O) groups excluding carboxylic acids is 1. The third kappa shape index (κ3) is 4.71. The van der Waals surface area contributed by atoms with Crippen molar-refractivity contribution in [3.8, 4) is 17.9 Å². The lowest BCUT2D eigenvalue weighted by Crippen LogP contribution is -2.05. The minimum absolute atomic E-state index is 0.0300. The van der Waals surface area contributed by atoms with Gasteiger partial charge in [0.25, 0.3) is 0 Å². The topological polar surface area (TPSA) is 107 Å². The maximum Gasteiger partial charge on any atom is 0.348 e. The molecular formula is C18H15N3O3. The summed E-state index contributed by atoms with van der Waals surface area (Å²) < 4.78 is 9.85. The molecule has 1 aromatic rings. The molecule has 0 fully saturated rings. The first-order chi connectivity index (χ1) is 11.6. The first-order valence-corrected chi connectivity index (χ1v) is 6.95. The number of benzene rings is 1. The predicted molar refractivity (Wildman–Crippen MR) is 88.2 cm³/mol. The minimum atomic E-state index is -0.748. The molecule has 1 aromatic carbocycles. The van der Waals surface area contributed by atoms with E-state index in [9.17, 15) is 4.79 Å². The van der Waals surface area contributed by atoms with E-state index in [-0.39, 0.29) is 17.8 Å². The van der Waals surface area contributed by atoms with Gasteiger partial charge in [-0.25, -0.2) is 4.79 Å². The molecule has 0 atom stereocenters. The average Bonchev–Trinajstić information content (AvgIpc) is 2.62. The molecule has 0 heterocycles. The van der Waals surface area contributed by atoms with Crippen molar-refractivity contribution in [1.82, 2.24) is 0 Å². The highest BCUT2D eigenvalue weighted by atomic mass is 16.5. The third-order valence-corrected chi connectivity index (χ3v) is 2.94. The highest BCUT2D eigenvalue weighted by Gasteiger charge is 2.11. The highest BCUT2D eigenvalue weighted by Crippen LogP contribution is 2.24. The molecule has 0 saturated heterocycles. The van der Waals surface area contributed by atoms with E-state index in [2.05, 4.69) is 5.87 Å². The number of ether oxygens (including phenoxy) is 2. The zero-order valence-corrected chi connectivity index (χ0v) is 13.3. The van der Waals surface area contributed by atoms with Gasteiger partial charge in [-0.2, -0.15) is 10.5 Å². The summed E-state index contributed by atoms with van der Waals surface area (Å²) >= 11 is 0. The largest absolute Gasteiger partial charge is 0.497 e. The molecule has 0 amide bonds. The van der Waals surface area contributed by atoms with Crippen molar-refractivity contribution in [1.29, 1.82) is 15.9 Å². The lowest BCUT2D eigenvalue weighted by molar-refractivity contribution is -0.138. The summed E-state index contributed by atoms with van der Waals surface area (Å²) in [6.07, 6.45) is 2.67. The van der Waals surface area contributed by atoms with Crippen LogP contribution in [-0.4, -0.2) is 25.6 Å². The number of carbonyl (C=O) groups is 1. The van der Waals surface area contributed by atoms with Crippen molar-refractivity contribution in [2.24, 2.45) is 0 Å². The molecule has 0 aliphatic rings. The number of nitrogens with zero attached hydrogens (tertiary/aromatic N) is 2. The van der Waals surface area contributed by atoms with Crippen molar-refractivity contribution < 1.29 is 14.3 Å². The number of hydrogen-bond acceptors (Lipinski definition) is 6. The first kappa shape index (κ1) is 18.4. The van der Waals surface area contributed by atoms with Crippen molar-refractivity contribution in [2.45, 2.75) is 6.92 Å². The number of nitriles is 2. The zero-order valence-electron chi connectivity index (χ0n) is 13.3. The lowest BCUT2D eigenvalue weighted by Gasteiger charge is -2.06. The van der Waals surface area contributed by atoms with E-state index in [4.69, 9.17) is 25.4 Å². The van der Waals surface area contributed by atoms with Crippen LogP contribution in [0.15, 0.2) is 47.6 Å². The minimum Gasteiger partial charge on any atom is -0.497 e. The van der Waals surface area contributed by atoms with Crippen LogP contribution in [0.3, 0.4) is 0 Å². The quantitative estimate of drug-likeness (QED) is 0.285. The maximum absolute atomic E-state index is 11.6. The van der Waals surface area contributed by atoms with E-state index in [1.807, 2.05) is 6.07 Å². The fraction of sp³-hybridized carbons (Fsp3) is 0.167. The molecule has 0 saturated carbocycles. The number of allylic oxidation sites excluding steroid dienone is 4. The summed E-state index contributed by atoms with van der Waals surface area (Å²) in [6, 6.07) is 10.4. The molecule has 0 aliphatic heterocycles. The number of nitrogens with one attached hydrogen (secondary N) is 1. The van der Waals surface area contributed by atoms with Crippen LogP contribution in [0.2, 0.25) is 0 Å². The fourth-order valence-corrected chi connectivity index (χ4v) is 1.78. The van der Waals surface area contributed by atoms with Crippen molar-refractivity contribution in [2.75, 3.05) is 13.7 Å². The standard InChI is InChI=1S/C18H15N3O3/c1-3-24-18(22)14(10-19)6-9-17(15(11-20)12-21)13-4-7-16(23-2)8-5-13/h4-9,20H,3H2,1-2H3/b14-6+,17-9-. The number of esters is 1. The summed E-state index contributed by atoms with van der Waals surface area (Å²) in [5, 5.41) is 25.4. The van der Waals surface area contributed by atoms with Crippen molar-refractivity contribution >= 4 is 17.4 Å². The van der Waals surface area contributed by atoms with Gasteiger partial charge >= 0.3 is 5.97 Å². The Kier molecular flexibility index (Phi) is 7.24. The molecule has 6 heteroatoms. The Morgan fingerprint density at radius 3 is 2.33 bits per heavy atom. The van der Waals surface area contributed by atoms with Gasteiger partial charge in [-0.05, 0) is 36.6 Å². The third-order valence-electron chi connectivity index (χ3n) is 2.94. The van der Waals surface area contributed by atoms with E-state index in [1.54, 1.807) is 37.3 Å². The van der Waals surface area contributed by atoms with Gasteiger partial charge in [0.15, 0.2) is 0 Å². The van der Waals surface area contributed by atoms with Gasteiger partial charge in [-0.15, -0.1) is 0 Å². The molecule has 0 radical (unpaired) electrons. The van der Waals surface area contributed by atoms with Crippen LogP contribution < -0.4 is 4.74 Å². The molecule has 6 nitrogen and oxygen atoms in total. The van der Waals surface area contributed by atoms with Gasteiger partial charge in [0, 0.05) is 5.57 Å². The van der Waals surface area contributed by atoms with E-state index in [0.717, 1.165) is 0 Å². The van der Waals surface area contributed by atoms with Crippen molar-refractivity contribution in [3.05, 3.63) is 53.1 Å². The van der Waals surface area contributed by atoms with E-state index < -0.39 is 5.97 Å². The second-order valence-electron chi connectivity index (χ2n) is 4.33. The Morgan fingerprint density at radius 1 is 1.21 bits per heavy atom. The zero-order chi connectivity index (χ0) is 17.9. The van der Waals surface area contributed by atoms with Crippen LogP contribution in [0.25, 0.3) is 5.57 Å². The molecule has 0 aromatic heterocycles. The Bertz CT molecular complexity index is 799. The maximum atomic E-state index is 11.6. The van der Waals surface area contributed by atoms with Gasteiger partial charge in [-0.1, -0.05) is 18.2 Å². The Labute approximate surface area is 140 Å². The Balaban J connectivity index is 3.38. The van der Waals surface area contributed by atoms with E-state index in [1.165, 1.54) is 19.3 Å². The normalized spacial score (nSPS) is 10.8. The van der Waals surface area contributed by atoms with Gasteiger partial charge in [0.1, 0.15) is 29.0 Å². The summed E-state index contributed by atoms with van der Waals surface area (Å²) in [4.78, 5) is 11.6. The van der Waals surface area contributed by atoms with Gasteiger partial charge in [0.2, 0.25) is 0 Å². The molecule has 1 N–H and O–H groups in total. The molecule has 0 spiro atoms. The fourth-order valence-electron chi connectivity index (χ4n) is 1.78. The second kappa shape index (κ2) is 9.42. The SMILES string of the molecule is CCOC(=O)/C(C#N)=C/C=C(\C(=C=N)C#N)c1ccc(OC)cc1. The Morgan fingerprint density at radius 2 is 1.88 bits per heavy atom. The van der Waals surface area contributed by atoms with Crippen LogP contribution in [0.4, 0.5) is 0 Å². The van der Waals surface area contributed by atoms with Gasteiger partial charge in [-0.3, -0.25) is 5.41 Å². The number of methoxy groups -OCH3 is 1. The molecule has 1 rings (SSSR count). The highest BCUT2D eigenvalue weighted by molar-refractivity contribution is 5.96. The summed E-state index contributed by atoms with van der Waals surface area (Å²) in [5.41, 5.74) is 0.736. The van der Waals surface area contributed by atoms with Crippen LogP contribution in [0.1, 0.15) is 12.5 Å². The molecule has 24 heavy (non-hydrogen) atoms. The molecule has 0 bridgehead atoms. The van der Waals surface area contributed by atoms with Crippen LogP contribution >= 0.6 is 0 Å². The van der Waals surface area contributed by atoms with Crippen LogP contribution in [-0.2, 0) is 9.53 Å². The summed E-state index contributed by atoms with van der Waals surface area (Å²) in [7, 11) is 1.53. The smallest absolute Gasteiger partial charge is 0.348 e. The average molecular weight is 321 g/mol. The summed E-state index contributed by atoms with van der Waals surface area (Å²) in [6.45, 7) is 1.79.